The molecular formula is C23H36O4. The van der Waals surface area contributed by atoms with E-state index < -0.39 is 11.4 Å². The van der Waals surface area contributed by atoms with Crippen LogP contribution in [-0.4, -0.2) is 21.3 Å². The minimum atomic E-state index is -0.636. The van der Waals surface area contributed by atoms with Crippen LogP contribution in [0.4, 0.5) is 0 Å². The Bertz CT molecular complexity index is 639. The fourth-order valence-corrected chi connectivity index (χ4v) is 3.81. The molecule has 152 valence electrons. The van der Waals surface area contributed by atoms with E-state index in [4.69, 9.17) is 0 Å². The van der Waals surface area contributed by atoms with Gasteiger partial charge in [0.2, 0.25) is 0 Å². The maximum absolute atomic E-state index is 11.2. The predicted octanol–water partition coefficient (Wildman–Crippen LogP) is 5.82. The second-order valence-corrected chi connectivity index (χ2v) is 9.48. The van der Waals surface area contributed by atoms with Crippen molar-refractivity contribution in [3.8, 4) is 11.5 Å². The van der Waals surface area contributed by atoms with E-state index in [1.54, 1.807) is 6.07 Å². The van der Waals surface area contributed by atoms with Gasteiger partial charge in [0.25, 0.3) is 0 Å². The fraction of sp³-hybridized carbons (Fsp3) is 0.696. The summed E-state index contributed by atoms with van der Waals surface area (Å²) in [6.45, 7) is 6.71. The highest BCUT2D eigenvalue weighted by molar-refractivity contribution is 5.77. The van der Waals surface area contributed by atoms with Crippen molar-refractivity contribution >= 4 is 5.97 Å². The smallest absolute Gasteiger partial charge is 0.309 e. The van der Waals surface area contributed by atoms with Crippen LogP contribution in [0.2, 0.25) is 0 Å². The van der Waals surface area contributed by atoms with E-state index in [1.165, 1.54) is 0 Å². The average molecular weight is 377 g/mol. The minimum Gasteiger partial charge on any atom is -0.504 e. The van der Waals surface area contributed by atoms with Gasteiger partial charge in [-0.2, -0.15) is 0 Å². The zero-order valence-corrected chi connectivity index (χ0v) is 17.2. The van der Waals surface area contributed by atoms with Crippen LogP contribution in [-0.2, 0) is 17.6 Å². The molecule has 3 N–H and O–H groups in total. The topological polar surface area (TPSA) is 77.8 Å². The van der Waals surface area contributed by atoms with Crippen molar-refractivity contribution in [1.82, 2.24) is 0 Å². The summed E-state index contributed by atoms with van der Waals surface area (Å²) >= 11 is 0. The lowest BCUT2D eigenvalue weighted by atomic mass is 9.88. The SMILES string of the molecule is CC(C)(C)CCCCc1c(CCCCCC2(C(=O)O)CC2)ccc(O)c1O. The highest BCUT2D eigenvalue weighted by Crippen LogP contribution is 2.50. The number of aryl methyl sites for hydroxylation is 1. The van der Waals surface area contributed by atoms with E-state index in [0.717, 1.165) is 81.8 Å². The Morgan fingerprint density at radius 2 is 1.67 bits per heavy atom. The Labute approximate surface area is 163 Å². The Hall–Kier alpha value is -1.71. The second kappa shape index (κ2) is 8.99. The molecule has 0 heterocycles. The number of aliphatic carboxylic acids is 1. The highest BCUT2D eigenvalue weighted by Gasteiger charge is 2.49. The van der Waals surface area contributed by atoms with Gasteiger partial charge in [0, 0.05) is 5.56 Å². The van der Waals surface area contributed by atoms with Crippen LogP contribution in [0.25, 0.3) is 0 Å². The molecule has 27 heavy (non-hydrogen) atoms. The van der Waals surface area contributed by atoms with Crippen molar-refractivity contribution in [3.63, 3.8) is 0 Å². The number of benzene rings is 1. The molecule has 1 aliphatic carbocycles. The highest BCUT2D eigenvalue weighted by atomic mass is 16.4. The molecule has 0 aliphatic heterocycles. The van der Waals surface area contributed by atoms with Gasteiger partial charge >= 0.3 is 5.97 Å². The molecule has 0 radical (unpaired) electrons. The zero-order chi connectivity index (χ0) is 20.1. The van der Waals surface area contributed by atoms with Crippen LogP contribution in [0.15, 0.2) is 12.1 Å². The molecule has 0 unspecified atom stereocenters. The van der Waals surface area contributed by atoms with Crippen LogP contribution >= 0.6 is 0 Å². The number of carbonyl (C=O) groups is 1. The molecule has 0 amide bonds. The Morgan fingerprint density at radius 3 is 2.26 bits per heavy atom. The van der Waals surface area contributed by atoms with E-state index in [0.29, 0.717) is 5.41 Å². The standard InChI is InChI=1S/C23H36O4/c1-22(2,3)13-8-6-10-18-17(11-12-19(24)20(18)25)9-5-4-7-14-23(15-16-23)21(26)27/h11-12,24-25H,4-10,13-16H2,1-3H3,(H,26,27). The Morgan fingerprint density at radius 1 is 1.00 bits per heavy atom. The van der Waals surface area contributed by atoms with Gasteiger partial charge in [-0.25, -0.2) is 0 Å². The first-order valence-corrected chi connectivity index (χ1v) is 10.4. The Kier molecular flexibility index (Phi) is 7.19. The molecular weight excluding hydrogens is 340 g/mol. The number of unbranched alkanes of at least 4 members (excludes halogenated alkanes) is 3. The zero-order valence-electron chi connectivity index (χ0n) is 17.2. The molecule has 4 heteroatoms. The molecule has 1 aromatic rings. The van der Waals surface area contributed by atoms with Crippen molar-refractivity contribution < 1.29 is 20.1 Å². The van der Waals surface area contributed by atoms with Gasteiger partial charge in [0.05, 0.1) is 5.41 Å². The van der Waals surface area contributed by atoms with Gasteiger partial charge in [0.1, 0.15) is 0 Å². The van der Waals surface area contributed by atoms with Crippen molar-refractivity contribution in [2.24, 2.45) is 10.8 Å². The van der Waals surface area contributed by atoms with Gasteiger partial charge in [-0.05, 0) is 68.4 Å². The number of carboxylic acid groups (broad SMARTS) is 1. The lowest BCUT2D eigenvalue weighted by molar-refractivity contribution is -0.143. The molecule has 0 saturated heterocycles. The van der Waals surface area contributed by atoms with Crippen molar-refractivity contribution in [1.29, 1.82) is 0 Å². The molecule has 0 bridgehead atoms. The normalized spacial score (nSPS) is 15.7. The monoisotopic (exact) mass is 376 g/mol. The number of hydrogen-bond donors (Lipinski definition) is 3. The molecule has 0 spiro atoms. The van der Waals surface area contributed by atoms with Crippen LogP contribution in [0, 0.1) is 10.8 Å². The Balaban J connectivity index is 1.82. The van der Waals surface area contributed by atoms with Gasteiger partial charge in [-0.15, -0.1) is 0 Å². The lowest BCUT2D eigenvalue weighted by Crippen LogP contribution is -2.14. The number of phenols is 2. The van der Waals surface area contributed by atoms with Gasteiger partial charge in [-0.1, -0.05) is 46.1 Å². The molecule has 0 atom stereocenters. The summed E-state index contributed by atoms with van der Waals surface area (Å²) < 4.78 is 0. The van der Waals surface area contributed by atoms with Crippen molar-refractivity contribution in [2.45, 2.75) is 91.4 Å². The van der Waals surface area contributed by atoms with E-state index in [1.807, 2.05) is 6.07 Å². The van der Waals surface area contributed by atoms with Crippen LogP contribution in [0.5, 0.6) is 11.5 Å². The third kappa shape index (κ3) is 6.44. The fourth-order valence-electron chi connectivity index (χ4n) is 3.81. The third-order valence-electron chi connectivity index (χ3n) is 5.87. The maximum Gasteiger partial charge on any atom is 0.309 e. The molecule has 2 rings (SSSR count). The summed E-state index contributed by atoms with van der Waals surface area (Å²) in [5.41, 5.74) is 1.89. The number of hydrogen-bond acceptors (Lipinski definition) is 3. The minimum absolute atomic E-state index is 0.0334. The summed E-state index contributed by atoms with van der Waals surface area (Å²) in [5, 5.41) is 29.4. The number of phenolic OH excluding ortho intramolecular Hbond substituents is 2. The van der Waals surface area contributed by atoms with Gasteiger partial charge in [0.15, 0.2) is 11.5 Å². The summed E-state index contributed by atoms with van der Waals surface area (Å²) in [6, 6.07) is 3.50. The first-order valence-electron chi connectivity index (χ1n) is 10.4. The first kappa shape index (κ1) is 21.6. The first-order chi connectivity index (χ1) is 12.6. The summed E-state index contributed by atoms with van der Waals surface area (Å²) in [7, 11) is 0. The molecule has 0 aromatic heterocycles. The van der Waals surface area contributed by atoms with Crippen LogP contribution in [0.3, 0.4) is 0 Å². The molecule has 4 nitrogen and oxygen atoms in total. The van der Waals surface area contributed by atoms with E-state index in [2.05, 4.69) is 20.8 Å². The largest absolute Gasteiger partial charge is 0.504 e. The second-order valence-electron chi connectivity index (χ2n) is 9.48. The van der Waals surface area contributed by atoms with Crippen LogP contribution < -0.4 is 0 Å². The number of aromatic hydroxyl groups is 2. The van der Waals surface area contributed by atoms with E-state index >= 15 is 0 Å². The molecule has 1 aromatic carbocycles. The molecule has 1 fully saturated rings. The molecule has 1 aliphatic rings. The third-order valence-corrected chi connectivity index (χ3v) is 5.87. The van der Waals surface area contributed by atoms with Crippen molar-refractivity contribution in [3.05, 3.63) is 23.3 Å². The quantitative estimate of drug-likeness (QED) is 0.336. The van der Waals surface area contributed by atoms with E-state index in [9.17, 15) is 20.1 Å². The van der Waals surface area contributed by atoms with Crippen LogP contribution in [0.1, 0.15) is 89.7 Å². The summed E-state index contributed by atoms with van der Waals surface area (Å²) in [5.74, 6) is -0.642. The average Bonchev–Trinajstić information content (AvgIpc) is 3.36. The van der Waals surface area contributed by atoms with Crippen molar-refractivity contribution in [2.75, 3.05) is 0 Å². The van der Waals surface area contributed by atoms with Gasteiger partial charge in [-0.3, -0.25) is 4.79 Å². The molecule has 1 saturated carbocycles. The number of rotatable bonds is 11. The van der Waals surface area contributed by atoms with E-state index in [-0.39, 0.29) is 11.5 Å². The maximum atomic E-state index is 11.2. The summed E-state index contributed by atoms with van der Waals surface area (Å²) in [4.78, 5) is 11.2. The lowest BCUT2D eigenvalue weighted by Gasteiger charge is -2.18. The van der Waals surface area contributed by atoms with Gasteiger partial charge < -0.3 is 15.3 Å². The number of carboxylic acids is 1. The predicted molar refractivity (Wildman–Crippen MR) is 108 cm³/mol. The summed E-state index contributed by atoms with van der Waals surface area (Å²) in [6.07, 6.45) is 10.3.